The summed E-state index contributed by atoms with van der Waals surface area (Å²) in [4.78, 5) is 1.89. The highest BCUT2D eigenvalue weighted by molar-refractivity contribution is 5.58. The third kappa shape index (κ3) is 1.52. The van der Waals surface area contributed by atoms with Crippen LogP contribution in [-0.2, 0) is 0 Å². The number of halogens is 2. The first-order valence-electron chi connectivity index (χ1n) is 4.68. The third-order valence-electron chi connectivity index (χ3n) is 2.51. The zero-order valence-corrected chi connectivity index (χ0v) is 7.76. The van der Waals surface area contributed by atoms with E-state index in [1.165, 1.54) is 6.07 Å². The molecule has 1 aromatic rings. The maximum absolute atomic E-state index is 13.3. The largest absolute Gasteiger partial charge is 0.396 e. The van der Waals surface area contributed by atoms with Crippen molar-refractivity contribution in [1.29, 1.82) is 0 Å². The van der Waals surface area contributed by atoms with E-state index in [9.17, 15) is 8.78 Å². The molecule has 2 rings (SSSR count). The zero-order chi connectivity index (χ0) is 10.1. The van der Waals surface area contributed by atoms with Gasteiger partial charge in [-0.25, -0.2) is 8.78 Å². The Kier molecular flexibility index (Phi) is 2.27. The van der Waals surface area contributed by atoms with Crippen LogP contribution in [0.3, 0.4) is 0 Å². The molecule has 0 radical (unpaired) electrons. The Balaban J connectivity index is 2.37. The summed E-state index contributed by atoms with van der Waals surface area (Å²) in [6.45, 7) is 1.64. The Morgan fingerprint density at radius 2 is 1.71 bits per heavy atom. The lowest BCUT2D eigenvalue weighted by atomic mass is 10.2. The minimum Gasteiger partial charge on any atom is -0.396 e. The van der Waals surface area contributed by atoms with Gasteiger partial charge < -0.3 is 10.6 Å². The highest BCUT2D eigenvalue weighted by atomic mass is 19.1. The molecule has 2 nitrogen and oxygen atoms in total. The van der Waals surface area contributed by atoms with E-state index in [0.29, 0.717) is 5.69 Å². The second-order valence-electron chi connectivity index (χ2n) is 3.52. The molecule has 1 heterocycles. The van der Waals surface area contributed by atoms with Gasteiger partial charge in [0.25, 0.3) is 0 Å². The number of anilines is 2. The standard InChI is InChI=1S/C10H12F2N2/c11-7-5-8(12)10(6-9(7)13)14-3-1-2-4-14/h5-6H,1-4,13H2. The van der Waals surface area contributed by atoms with Crippen molar-refractivity contribution < 1.29 is 8.78 Å². The molecule has 0 atom stereocenters. The highest BCUT2D eigenvalue weighted by Gasteiger charge is 2.17. The third-order valence-corrected chi connectivity index (χ3v) is 2.51. The van der Waals surface area contributed by atoms with Crippen LogP contribution in [0.25, 0.3) is 0 Å². The predicted octanol–water partition coefficient (Wildman–Crippen LogP) is 2.15. The smallest absolute Gasteiger partial charge is 0.149 e. The number of hydrogen-bond donors (Lipinski definition) is 1. The van der Waals surface area contributed by atoms with E-state index in [2.05, 4.69) is 0 Å². The van der Waals surface area contributed by atoms with E-state index in [1.807, 2.05) is 4.90 Å². The fraction of sp³-hybridized carbons (Fsp3) is 0.400. The number of nitrogens with two attached hydrogens (primary N) is 1. The van der Waals surface area contributed by atoms with E-state index in [0.717, 1.165) is 32.0 Å². The molecule has 1 aromatic carbocycles. The van der Waals surface area contributed by atoms with Crippen molar-refractivity contribution in [3.63, 3.8) is 0 Å². The van der Waals surface area contributed by atoms with Crippen LogP contribution in [-0.4, -0.2) is 13.1 Å². The van der Waals surface area contributed by atoms with Crippen LogP contribution in [0.5, 0.6) is 0 Å². The Morgan fingerprint density at radius 1 is 1.07 bits per heavy atom. The number of rotatable bonds is 1. The van der Waals surface area contributed by atoms with Crippen molar-refractivity contribution in [1.82, 2.24) is 0 Å². The van der Waals surface area contributed by atoms with Crippen LogP contribution in [0.2, 0.25) is 0 Å². The molecule has 1 saturated heterocycles. The Bertz CT molecular complexity index is 346. The Labute approximate surface area is 81.3 Å². The lowest BCUT2D eigenvalue weighted by Crippen LogP contribution is -2.19. The molecule has 1 aliphatic rings. The quantitative estimate of drug-likeness (QED) is 0.700. The van der Waals surface area contributed by atoms with Gasteiger partial charge in [-0.3, -0.25) is 0 Å². The van der Waals surface area contributed by atoms with E-state index in [4.69, 9.17) is 5.73 Å². The number of hydrogen-bond acceptors (Lipinski definition) is 2. The van der Waals surface area contributed by atoms with Gasteiger partial charge in [0.2, 0.25) is 0 Å². The van der Waals surface area contributed by atoms with Gasteiger partial charge in [0.1, 0.15) is 11.6 Å². The first kappa shape index (κ1) is 9.24. The van der Waals surface area contributed by atoms with Crippen LogP contribution in [0.1, 0.15) is 12.8 Å². The maximum Gasteiger partial charge on any atom is 0.149 e. The van der Waals surface area contributed by atoms with Gasteiger partial charge in [-0.05, 0) is 18.9 Å². The normalized spacial score (nSPS) is 16.3. The van der Waals surface area contributed by atoms with Gasteiger partial charge in [0.15, 0.2) is 0 Å². The van der Waals surface area contributed by atoms with Crippen LogP contribution < -0.4 is 10.6 Å². The molecule has 0 amide bonds. The minimum atomic E-state index is -0.689. The summed E-state index contributed by atoms with van der Waals surface area (Å²) < 4.78 is 26.2. The summed E-state index contributed by atoms with van der Waals surface area (Å²) in [6, 6.07) is 2.22. The molecule has 0 unspecified atom stereocenters. The first-order valence-corrected chi connectivity index (χ1v) is 4.68. The molecule has 76 valence electrons. The first-order chi connectivity index (χ1) is 6.68. The van der Waals surface area contributed by atoms with Gasteiger partial charge in [-0.2, -0.15) is 0 Å². The molecule has 14 heavy (non-hydrogen) atoms. The van der Waals surface area contributed by atoms with E-state index in [1.54, 1.807) is 0 Å². The molecule has 0 spiro atoms. The van der Waals surface area contributed by atoms with Gasteiger partial charge in [-0.1, -0.05) is 0 Å². The molecular formula is C10H12F2N2. The molecule has 1 aliphatic heterocycles. The van der Waals surface area contributed by atoms with Gasteiger partial charge in [0, 0.05) is 19.2 Å². The molecule has 0 aliphatic carbocycles. The molecule has 4 heteroatoms. The summed E-state index contributed by atoms with van der Waals surface area (Å²) in [5.74, 6) is -1.22. The summed E-state index contributed by atoms with van der Waals surface area (Å²) in [6.07, 6.45) is 2.10. The monoisotopic (exact) mass is 198 g/mol. The number of nitrogens with zero attached hydrogens (tertiary/aromatic N) is 1. The van der Waals surface area contributed by atoms with Crippen LogP contribution in [0.15, 0.2) is 12.1 Å². The highest BCUT2D eigenvalue weighted by Crippen LogP contribution is 2.27. The topological polar surface area (TPSA) is 29.3 Å². The Hall–Kier alpha value is -1.32. The van der Waals surface area contributed by atoms with Gasteiger partial charge >= 0.3 is 0 Å². The second-order valence-corrected chi connectivity index (χ2v) is 3.52. The number of nitrogen functional groups attached to an aromatic ring is 1. The van der Waals surface area contributed by atoms with Crippen molar-refractivity contribution in [3.8, 4) is 0 Å². The average molecular weight is 198 g/mol. The Morgan fingerprint density at radius 3 is 2.36 bits per heavy atom. The van der Waals surface area contributed by atoms with Crippen LogP contribution in [0.4, 0.5) is 20.2 Å². The lowest BCUT2D eigenvalue weighted by molar-refractivity contribution is 0.584. The van der Waals surface area contributed by atoms with Crippen LogP contribution >= 0.6 is 0 Å². The minimum absolute atomic E-state index is 0.00769. The average Bonchev–Trinajstić information content (AvgIpc) is 2.64. The fourth-order valence-electron chi connectivity index (χ4n) is 1.75. The van der Waals surface area contributed by atoms with Gasteiger partial charge in [0.05, 0.1) is 11.4 Å². The van der Waals surface area contributed by atoms with E-state index < -0.39 is 11.6 Å². The second kappa shape index (κ2) is 3.44. The molecule has 0 bridgehead atoms. The van der Waals surface area contributed by atoms with Crippen LogP contribution in [0, 0.1) is 11.6 Å². The fourth-order valence-corrected chi connectivity index (χ4v) is 1.75. The SMILES string of the molecule is Nc1cc(N2CCCC2)c(F)cc1F. The van der Waals surface area contributed by atoms with Crippen molar-refractivity contribution in [2.45, 2.75) is 12.8 Å². The van der Waals surface area contributed by atoms with Crippen molar-refractivity contribution in [2.24, 2.45) is 0 Å². The molecular weight excluding hydrogens is 186 g/mol. The van der Waals surface area contributed by atoms with Crippen molar-refractivity contribution in [2.75, 3.05) is 23.7 Å². The zero-order valence-electron chi connectivity index (χ0n) is 7.76. The van der Waals surface area contributed by atoms with Crippen molar-refractivity contribution >= 4 is 11.4 Å². The molecule has 0 aromatic heterocycles. The summed E-state index contributed by atoms with van der Waals surface area (Å²) >= 11 is 0. The van der Waals surface area contributed by atoms with Gasteiger partial charge in [-0.15, -0.1) is 0 Å². The summed E-state index contributed by atoms with van der Waals surface area (Å²) in [5, 5.41) is 0. The van der Waals surface area contributed by atoms with E-state index in [-0.39, 0.29) is 5.69 Å². The predicted molar refractivity (Wildman–Crippen MR) is 52.2 cm³/mol. The van der Waals surface area contributed by atoms with E-state index >= 15 is 0 Å². The summed E-state index contributed by atoms with van der Waals surface area (Å²) in [7, 11) is 0. The molecule has 1 fully saturated rings. The molecule has 0 saturated carbocycles. The van der Waals surface area contributed by atoms with Crippen molar-refractivity contribution in [3.05, 3.63) is 23.8 Å². The maximum atomic E-state index is 13.3. The molecule has 2 N–H and O–H groups in total. The number of benzene rings is 1. The summed E-state index contributed by atoms with van der Waals surface area (Å²) in [5.41, 5.74) is 5.81. The lowest BCUT2D eigenvalue weighted by Gasteiger charge is -2.18.